The molecule has 0 saturated carbocycles. The molecule has 2 N–H and O–H groups in total. The van der Waals surface area contributed by atoms with Crippen molar-refractivity contribution in [3.8, 4) is 5.75 Å². The number of nitrogens with two attached hydrogens (primary N) is 1. The van der Waals surface area contributed by atoms with Crippen LogP contribution in [0.15, 0.2) is 42.5 Å². The molecule has 0 saturated heterocycles. The van der Waals surface area contributed by atoms with Crippen LogP contribution in [0.5, 0.6) is 5.75 Å². The van der Waals surface area contributed by atoms with E-state index in [-0.39, 0.29) is 12.3 Å². The van der Waals surface area contributed by atoms with Crippen LogP contribution in [-0.4, -0.2) is 10.8 Å². The number of carbonyl (C=O) groups excluding carboxylic acids is 1. The lowest BCUT2D eigenvalue weighted by atomic mass is 10.1. The zero-order valence-corrected chi connectivity index (χ0v) is 11.4. The van der Waals surface area contributed by atoms with Crippen molar-refractivity contribution in [1.82, 2.24) is 0 Å². The Morgan fingerprint density at radius 2 is 2.05 bits per heavy atom. The molecule has 0 bridgehead atoms. The van der Waals surface area contributed by atoms with E-state index in [0.717, 1.165) is 5.56 Å². The highest BCUT2D eigenvalue weighted by atomic mass is 16.6. The summed E-state index contributed by atoms with van der Waals surface area (Å²) in [5.41, 5.74) is 6.94. The summed E-state index contributed by atoms with van der Waals surface area (Å²) in [4.78, 5) is 21.5. The molecule has 0 fully saturated rings. The van der Waals surface area contributed by atoms with Gasteiger partial charge >= 0.3 is 0 Å². The van der Waals surface area contributed by atoms with Crippen LogP contribution < -0.4 is 10.5 Å². The van der Waals surface area contributed by atoms with E-state index in [1.807, 2.05) is 0 Å². The zero-order chi connectivity index (χ0) is 15.4. The minimum absolute atomic E-state index is 0.0124. The highest BCUT2D eigenvalue weighted by Crippen LogP contribution is 2.24. The van der Waals surface area contributed by atoms with E-state index >= 15 is 0 Å². The van der Waals surface area contributed by atoms with Gasteiger partial charge in [0.15, 0.2) is 0 Å². The molecule has 0 aliphatic rings. The van der Waals surface area contributed by atoms with Crippen molar-refractivity contribution in [1.29, 1.82) is 0 Å². The van der Waals surface area contributed by atoms with Crippen molar-refractivity contribution >= 4 is 11.6 Å². The first kappa shape index (κ1) is 14.5. The number of hydrogen-bond acceptors (Lipinski definition) is 4. The maximum absolute atomic E-state index is 11.1. The van der Waals surface area contributed by atoms with Crippen LogP contribution in [-0.2, 0) is 6.61 Å². The third-order valence-corrected chi connectivity index (χ3v) is 2.99. The van der Waals surface area contributed by atoms with Gasteiger partial charge in [-0.2, -0.15) is 0 Å². The summed E-state index contributed by atoms with van der Waals surface area (Å²) in [6.45, 7) is 1.86. The van der Waals surface area contributed by atoms with Crippen LogP contribution in [0, 0.1) is 17.0 Å². The maximum Gasteiger partial charge on any atom is 0.276 e. The molecule has 6 nitrogen and oxygen atoms in total. The summed E-state index contributed by atoms with van der Waals surface area (Å²) in [6.07, 6.45) is 0. The second kappa shape index (κ2) is 6.04. The maximum atomic E-state index is 11.1. The SMILES string of the molecule is Cc1ccc(OCc2cccc(C(N)=O)c2)cc1[N+](=O)[O-]. The third kappa shape index (κ3) is 3.56. The molecule has 0 aliphatic heterocycles. The quantitative estimate of drug-likeness (QED) is 0.675. The number of ether oxygens (including phenoxy) is 1. The van der Waals surface area contributed by atoms with Gasteiger partial charge in [0.25, 0.3) is 5.69 Å². The predicted octanol–water partition coefficient (Wildman–Crippen LogP) is 2.58. The fourth-order valence-corrected chi connectivity index (χ4v) is 1.86. The van der Waals surface area contributed by atoms with Crippen LogP contribution in [0.4, 0.5) is 5.69 Å². The van der Waals surface area contributed by atoms with Crippen molar-refractivity contribution in [2.75, 3.05) is 0 Å². The topological polar surface area (TPSA) is 95.5 Å². The van der Waals surface area contributed by atoms with E-state index in [1.165, 1.54) is 6.07 Å². The zero-order valence-electron chi connectivity index (χ0n) is 11.4. The molecule has 2 aromatic carbocycles. The van der Waals surface area contributed by atoms with E-state index in [4.69, 9.17) is 10.5 Å². The number of carbonyl (C=O) groups is 1. The van der Waals surface area contributed by atoms with Gasteiger partial charge in [0.05, 0.1) is 11.0 Å². The van der Waals surface area contributed by atoms with Crippen molar-refractivity contribution in [2.24, 2.45) is 5.73 Å². The van der Waals surface area contributed by atoms with Crippen molar-refractivity contribution in [3.63, 3.8) is 0 Å². The van der Waals surface area contributed by atoms with Gasteiger partial charge in [0, 0.05) is 11.1 Å². The first-order valence-corrected chi connectivity index (χ1v) is 6.24. The molecule has 6 heteroatoms. The first-order chi connectivity index (χ1) is 9.97. The van der Waals surface area contributed by atoms with Gasteiger partial charge in [-0.1, -0.05) is 12.1 Å². The summed E-state index contributed by atoms with van der Waals surface area (Å²) >= 11 is 0. The summed E-state index contributed by atoms with van der Waals surface area (Å²) in [5.74, 6) is -0.111. The highest BCUT2D eigenvalue weighted by Gasteiger charge is 2.11. The molecule has 0 spiro atoms. The Bertz CT molecular complexity index is 698. The smallest absolute Gasteiger partial charge is 0.276 e. The molecule has 2 rings (SSSR count). The lowest BCUT2D eigenvalue weighted by molar-refractivity contribution is -0.385. The fraction of sp³-hybridized carbons (Fsp3) is 0.133. The van der Waals surface area contributed by atoms with Crippen LogP contribution in [0.1, 0.15) is 21.5 Å². The van der Waals surface area contributed by atoms with Gasteiger partial charge in [-0.25, -0.2) is 0 Å². The minimum Gasteiger partial charge on any atom is -0.489 e. The number of amides is 1. The van der Waals surface area contributed by atoms with Crippen LogP contribution >= 0.6 is 0 Å². The summed E-state index contributed by atoms with van der Waals surface area (Å²) in [5, 5.41) is 10.9. The lowest BCUT2D eigenvalue weighted by Gasteiger charge is -2.08. The minimum atomic E-state index is -0.511. The monoisotopic (exact) mass is 286 g/mol. The van der Waals surface area contributed by atoms with Gasteiger partial charge in [0.2, 0.25) is 5.91 Å². The van der Waals surface area contributed by atoms with E-state index < -0.39 is 10.8 Å². The van der Waals surface area contributed by atoms with Gasteiger partial charge in [-0.15, -0.1) is 0 Å². The molecule has 0 unspecified atom stereocenters. The standard InChI is InChI=1S/C15H14N2O4/c1-10-5-6-13(8-14(10)17(19)20)21-9-11-3-2-4-12(7-11)15(16)18/h2-8H,9H2,1H3,(H2,16,18). The normalized spacial score (nSPS) is 10.1. The molecule has 21 heavy (non-hydrogen) atoms. The van der Waals surface area contributed by atoms with Crippen LogP contribution in [0.2, 0.25) is 0 Å². The molecule has 108 valence electrons. The van der Waals surface area contributed by atoms with Gasteiger partial charge in [-0.3, -0.25) is 14.9 Å². The number of nitro groups is 1. The number of primary amides is 1. The van der Waals surface area contributed by atoms with Crippen LogP contribution in [0.3, 0.4) is 0 Å². The van der Waals surface area contributed by atoms with Crippen molar-refractivity contribution in [2.45, 2.75) is 13.5 Å². The molecule has 0 aromatic heterocycles. The summed E-state index contributed by atoms with van der Waals surface area (Å²) < 4.78 is 5.52. The summed E-state index contributed by atoms with van der Waals surface area (Å²) in [7, 11) is 0. The molecular formula is C15H14N2O4. The molecule has 0 heterocycles. The van der Waals surface area contributed by atoms with E-state index in [1.54, 1.807) is 43.3 Å². The number of rotatable bonds is 5. The Balaban J connectivity index is 2.13. The van der Waals surface area contributed by atoms with Crippen molar-refractivity contribution < 1.29 is 14.5 Å². The molecule has 1 amide bonds. The number of nitro benzene ring substituents is 1. The molecule has 2 aromatic rings. The van der Waals surface area contributed by atoms with E-state index in [9.17, 15) is 14.9 Å². The van der Waals surface area contributed by atoms with E-state index in [2.05, 4.69) is 0 Å². The molecule has 0 aliphatic carbocycles. The first-order valence-electron chi connectivity index (χ1n) is 6.24. The average Bonchev–Trinajstić information content (AvgIpc) is 2.46. The van der Waals surface area contributed by atoms with Gasteiger partial charge in [0.1, 0.15) is 12.4 Å². The Hall–Kier alpha value is -2.89. The predicted molar refractivity (Wildman–Crippen MR) is 77.1 cm³/mol. The second-order valence-corrected chi connectivity index (χ2v) is 4.56. The number of nitrogens with zero attached hydrogens (tertiary/aromatic N) is 1. The number of aryl methyl sites for hydroxylation is 1. The Morgan fingerprint density at radius 1 is 1.29 bits per heavy atom. The lowest BCUT2D eigenvalue weighted by Crippen LogP contribution is -2.11. The van der Waals surface area contributed by atoms with Gasteiger partial charge in [-0.05, 0) is 36.8 Å². The second-order valence-electron chi connectivity index (χ2n) is 4.56. The third-order valence-electron chi connectivity index (χ3n) is 2.99. The molecular weight excluding hydrogens is 272 g/mol. The van der Waals surface area contributed by atoms with Gasteiger partial charge < -0.3 is 10.5 Å². The Kier molecular flexibility index (Phi) is 4.18. The Labute approximate surface area is 121 Å². The van der Waals surface area contributed by atoms with Crippen molar-refractivity contribution in [3.05, 3.63) is 69.3 Å². The number of benzene rings is 2. The fourth-order valence-electron chi connectivity index (χ4n) is 1.86. The Morgan fingerprint density at radius 3 is 2.71 bits per heavy atom. The van der Waals surface area contributed by atoms with Crippen LogP contribution in [0.25, 0.3) is 0 Å². The number of hydrogen-bond donors (Lipinski definition) is 1. The average molecular weight is 286 g/mol. The largest absolute Gasteiger partial charge is 0.489 e. The highest BCUT2D eigenvalue weighted by molar-refractivity contribution is 5.92. The van der Waals surface area contributed by atoms with E-state index in [0.29, 0.717) is 16.9 Å². The summed E-state index contributed by atoms with van der Waals surface area (Å²) in [6, 6.07) is 11.4. The molecule has 0 radical (unpaired) electrons. The molecule has 0 atom stereocenters.